The first kappa shape index (κ1) is 13.1. The minimum Gasteiger partial charge on any atom is -0.265 e. The highest BCUT2D eigenvalue weighted by atomic mass is 127. The maximum atomic E-state index is 12.9. The van der Waals surface area contributed by atoms with Crippen LogP contribution < -0.4 is 0 Å². The third-order valence-corrected chi connectivity index (χ3v) is 4.42. The van der Waals surface area contributed by atoms with Gasteiger partial charge in [-0.05, 0) is 6.07 Å². The minimum atomic E-state index is -0.466. The molecule has 3 aromatic heterocycles. The van der Waals surface area contributed by atoms with E-state index in [2.05, 4.69) is 36.2 Å². The van der Waals surface area contributed by atoms with Crippen molar-refractivity contribution in [3.8, 4) is 11.4 Å². The lowest BCUT2D eigenvalue weighted by atomic mass is 10.2. The summed E-state index contributed by atoms with van der Waals surface area (Å²) in [5.74, 6) is -0.0217. The van der Waals surface area contributed by atoms with Gasteiger partial charge in [-0.15, -0.1) is 0 Å². The van der Waals surface area contributed by atoms with Crippen molar-refractivity contribution in [2.75, 3.05) is 0 Å². The summed E-state index contributed by atoms with van der Waals surface area (Å²) in [5, 5.41) is 1.37. The Labute approximate surface area is 129 Å². The Morgan fingerprint density at radius 1 is 1.21 bits per heavy atom. The van der Waals surface area contributed by atoms with Crippen LogP contribution in [0.5, 0.6) is 0 Å². The predicted molar refractivity (Wildman–Crippen MR) is 82.7 cm³/mol. The molecule has 0 saturated carbocycles. The average Bonchev–Trinajstić information content (AvgIpc) is 2.77. The first-order valence-corrected chi connectivity index (χ1v) is 8.82. The smallest absolute Gasteiger partial charge is 0.161 e. The van der Waals surface area contributed by atoms with E-state index in [1.807, 2.05) is 10.2 Å². The number of halogens is 3. The highest BCUT2D eigenvalue weighted by Crippen LogP contribution is 2.33. The van der Waals surface area contributed by atoms with Crippen molar-refractivity contribution in [1.82, 2.24) is 18.9 Å². The first-order valence-electron chi connectivity index (χ1n) is 5.12. The van der Waals surface area contributed by atoms with Gasteiger partial charge in [0.05, 0.1) is 17.4 Å². The quantitative estimate of drug-likeness (QED) is 0.600. The Bertz CT molecular complexity index is 746. The number of hydrogen-bond donors (Lipinski definition) is 0. The fourth-order valence-electron chi connectivity index (χ4n) is 1.74. The van der Waals surface area contributed by atoms with Gasteiger partial charge >= 0.3 is 0 Å². The lowest BCUT2D eigenvalue weighted by Gasteiger charge is -1.97. The van der Waals surface area contributed by atoms with Crippen molar-refractivity contribution in [2.45, 2.75) is 0 Å². The number of aromatic nitrogens is 4. The molecular weight excluding hydrogens is 402 g/mol. The number of nitrogens with zero attached hydrogens (tertiary/aromatic N) is 4. The zero-order chi connectivity index (χ0) is 13.4. The molecule has 19 heavy (non-hydrogen) atoms. The van der Waals surface area contributed by atoms with Crippen molar-refractivity contribution >= 4 is 53.0 Å². The molecule has 96 valence electrons. The second kappa shape index (κ2) is 5.22. The Morgan fingerprint density at radius 2 is 1.95 bits per heavy atom. The molecule has 0 atom stereocenters. The third kappa shape index (κ3) is 2.41. The van der Waals surface area contributed by atoms with E-state index in [4.69, 9.17) is 11.6 Å². The number of fused-ring (bicyclic) bond motifs is 1. The lowest BCUT2D eigenvalue weighted by Crippen LogP contribution is -1.88. The third-order valence-electron chi connectivity index (χ3n) is 2.51. The van der Waals surface area contributed by atoms with Crippen LogP contribution in [0, 0.1) is 5.82 Å². The van der Waals surface area contributed by atoms with Crippen LogP contribution in [0.3, 0.4) is 0 Å². The van der Waals surface area contributed by atoms with Gasteiger partial charge in [0.25, 0.3) is 0 Å². The van der Waals surface area contributed by atoms with Crippen LogP contribution in [0.1, 0.15) is 0 Å². The van der Waals surface area contributed by atoms with E-state index in [0.717, 1.165) is 29.0 Å². The maximum Gasteiger partial charge on any atom is 0.161 e. The minimum absolute atomic E-state index is 0.444. The number of pyridine rings is 1. The van der Waals surface area contributed by atoms with E-state index < -0.39 is 5.82 Å². The Morgan fingerprint density at radius 3 is 2.63 bits per heavy atom. The van der Waals surface area contributed by atoms with Crippen LogP contribution in [0.25, 0.3) is 22.4 Å². The van der Waals surface area contributed by atoms with Gasteiger partial charge in [0.15, 0.2) is 17.3 Å². The molecule has 0 spiro atoms. The molecular formula is C11H5ClFIN4S. The molecule has 0 aliphatic rings. The van der Waals surface area contributed by atoms with Gasteiger partial charge in [-0.1, -0.05) is 11.6 Å². The Kier molecular flexibility index (Phi) is 3.59. The van der Waals surface area contributed by atoms with Crippen molar-refractivity contribution in [3.63, 3.8) is 0 Å². The van der Waals surface area contributed by atoms with Crippen molar-refractivity contribution in [3.05, 3.63) is 41.7 Å². The van der Waals surface area contributed by atoms with Crippen LogP contribution in [0.15, 0.2) is 30.9 Å². The van der Waals surface area contributed by atoms with Crippen LogP contribution in [-0.4, -0.2) is 18.9 Å². The highest BCUT2D eigenvalue weighted by Gasteiger charge is 2.14. The normalized spacial score (nSPS) is 11.1. The van der Waals surface area contributed by atoms with Gasteiger partial charge < -0.3 is 0 Å². The first-order chi connectivity index (χ1) is 9.19. The maximum absolute atomic E-state index is 12.9. The Hall–Kier alpha value is -0.930. The molecule has 0 amide bonds. The molecule has 0 radical (unpaired) electrons. The van der Waals surface area contributed by atoms with Gasteiger partial charge in [0.1, 0.15) is 0 Å². The molecule has 0 aromatic carbocycles. The SMILES string of the molecule is Fc1cnc(-c2cn(SI)c3ncc(Cl)cc23)nc1. The monoisotopic (exact) mass is 406 g/mol. The summed E-state index contributed by atoms with van der Waals surface area (Å²) in [6, 6.07) is 1.80. The summed E-state index contributed by atoms with van der Waals surface area (Å²) < 4.78 is 14.8. The molecule has 3 aromatic rings. The van der Waals surface area contributed by atoms with Gasteiger partial charge in [-0.2, -0.15) is 0 Å². The summed E-state index contributed by atoms with van der Waals surface area (Å²) >= 11 is 8.13. The molecule has 0 saturated heterocycles. The highest BCUT2D eigenvalue weighted by molar-refractivity contribution is 14.2. The molecule has 0 N–H and O–H groups in total. The van der Waals surface area contributed by atoms with Crippen LogP contribution in [-0.2, 0) is 0 Å². The van der Waals surface area contributed by atoms with Gasteiger partial charge in [0, 0.05) is 53.7 Å². The molecule has 3 heterocycles. The van der Waals surface area contributed by atoms with E-state index in [1.54, 1.807) is 12.3 Å². The van der Waals surface area contributed by atoms with E-state index in [-0.39, 0.29) is 0 Å². The standard InChI is InChI=1S/C11H5ClFIN4S/c12-6-1-8-9(10-15-3-7(13)4-16-10)5-18(19-14)11(8)17-2-6/h1-5H. The molecule has 4 nitrogen and oxygen atoms in total. The van der Waals surface area contributed by atoms with Crippen molar-refractivity contribution in [1.29, 1.82) is 0 Å². The molecule has 3 rings (SSSR count). The summed E-state index contributed by atoms with van der Waals surface area (Å²) in [4.78, 5) is 12.3. The van der Waals surface area contributed by atoms with Gasteiger partial charge in [-0.3, -0.25) is 3.97 Å². The second-order valence-electron chi connectivity index (χ2n) is 3.69. The molecule has 0 aliphatic heterocycles. The van der Waals surface area contributed by atoms with E-state index in [9.17, 15) is 4.39 Å². The number of hydrogen-bond acceptors (Lipinski definition) is 4. The predicted octanol–water partition coefficient (Wildman–Crippen LogP) is 4.13. The zero-order valence-corrected chi connectivity index (χ0v) is 12.9. The van der Waals surface area contributed by atoms with Gasteiger partial charge in [-0.25, -0.2) is 19.3 Å². The summed E-state index contributed by atoms with van der Waals surface area (Å²) in [7, 11) is 1.47. The van der Waals surface area contributed by atoms with Crippen LogP contribution in [0.2, 0.25) is 5.02 Å². The van der Waals surface area contributed by atoms with E-state index in [1.165, 1.54) is 9.12 Å². The lowest BCUT2D eigenvalue weighted by molar-refractivity contribution is 0.614. The molecule has 0 unspecified atom stereocenters. The summed E-state index contributed by atoms with van der Waals surface area (Å²) in [6.07, 6.45) is 5.72. The zero-order valence-electron chi connectivity index (χ0n) is 9.22. The average molecular weight is 407 g/mol. The molecule has 0 aliphatic carbocycles. The Balaban J connectivity index is 2.28. The largest absolute Gasteiger partial charge is 0.265 e. The summed E-state index contributed by atoms with van der Waals surface area (Å²) in [5.41, 5.74) is 1.54. The van der Waals surface area contributed by atoms with Crippen molar-refractivity contribution in [2.24, 2.45) is 0 Å². The second-order valence-corrected chi connectivity index (χ2v) is 5.84. The fourth-order valence-corrected chi connectivity index (χ4v) is 3.15. The number of rotatable bonds is 2. The van der Waals surface area contributed by atoms with Gasteiger partial charge in [0.2, 0.25) is 0 Å². The molecule has 0 bridgehead atoms. The topological polar surface area (TPSA) is 43.6 Å². The molecule has 0 fully saturated rings. The van der Waals surface area contributed by atoms with Crippen LogP contribution in [0.4, 0.5) is 4.39 Å². The molecule has 8 heteroatoms. The fraction of sp³-hybridized carbons (Fsp3) is 0. The van der Waals surface area contributed by atoms with E-state index in [0.29, 0.717) is 10.8 Å². The van der Waals surface area contributed by atoms with Crippen molar-refractivity contribution < 1.29 is 4.39 Å². The summed E-state index contributed by atoms with van der Waals surface area (Å²) in [6.45, 7) is 0. The van der Waals surface area contributed by atoms with E-state index >= 15 is 0 Å². The van der Waals surface area contributed by atoms with Crippen LogP contribution >= 0.6 is 41.9 Å².